The Morgan fingerprint density at radius 1 is 1.60 bits per heavy atom. The third kappa shape index (κ3) is 2.51. The third-order valence-corrected chi connectivity index (χ3v) is 3.72. The molecule has 6 nitrogen and oxygen atoms in total. The molecule has 2 aromatic rings. The van der Waals surface area contributed by atoms with E-state index in [0.717, 1.165) is 23.9 Å². The van der Waals surface area contributed by atoms with Crippen LogP contribution in [0.2, 0.25) is 0 Å². The summed E-state index contributed by atoms with van der Waals surface area (Å²) < 4.78 is 5.03. The number of aliphatic hydroxyl groups excluding tert-OH is 1. The van der Waals surface area contributed by atoms with E-state index >= 15 is 0 Å². The molecule has 0 radical (unpaired) electrons. The van der Waals surface area contributed by atoms with Crippen LogP contribution in [0.4, 0.5) is 0 Å². The minimum absolute atomic E-state index is 0.0479. The van der Waals surface area contributed by atoms with E-state index in [1.54, 1.807) is 6.07 Å². The lowest BCUT2D eigenvalue weighted by atomic mass is 10.1. The first-order valence-electron chi connectivity index (χ1n) is 6.83. The van der Waals surface area contributed by atoms with Crippen molar-refractivity contribution >= 4 is 17.0 Å². The van der Waals surface area contributed by atoms with E-state index in [1.165, 1.54) is 6.20 Å². The lowest BCUT2D eigenvalue weighted by molar-refractivity contribution is 0.0924. The van der Waals surface area contributed by atoms with Gasteiger partial charge in [0.1, 0.15) is 0 Å². The number of carbonyl (C=O) groups excluding carboxylic acids is 1. The van der Waals surface area contributed by atoms with Gasteiger partial charge < -0.3 is 14.9 Å². The van der Waals surface area contributed by atoms with Gasteiger partial charge in [0.15, 0.2) is 0 Å². The number of carbonyl (C=O) groups is 1. The average Bonchev–Trinajstić information content (AvgIpc) is 3.23. The number of aliphatic hydroxyl groups is 1. The molecule has 6 heteroatoms. The van der Waals surface area contributed by atoms with Crippen LogP contribution in [-0.4, -0.2) is 33.8 Å². The number of nitrogens with one attached hydrogen (secondary N) is 1. The molecule has 0 spiro atoms. The number of pyridine rings is 1. The zero-order chi connectivity index (χ0) is 14.1. The van der Waals surface area contributed by atoms with E-state index < -0.39 is 0 Å². The molecule has 0 aromatic carbocycles. The molecule has 2 aromatic heterocycles. The topological polar surface area (TPSA) is 88.2 Å². The zero-order valence-electron chi connectivity index (χ0n) is 11.3. The standard InChI is InChI=1S/C14H17N3O3/c1-8-11-6-10(7-15-14(11)20-17-8)13(19)16-12(4-5-18)9-2-3-9/h6-7,9,12,18H,2-5H2,1H3,(H,16,19). The number of nitrogens with zero attached hydrogens (tertiary/aromatic N) is 2. The summed E-state index contributed by atoms with van der Waals surface area (Å²) in [5.74, 6) is 0.338. The van der Waals surface area contributed by atoms with Crippen molar-refractivity contribution in [1.82, 2.24) is 15.5 Å². The summed E-state index contributed by atoms with van der Waals surface area (Å²) in [5.41, 5.74) is 1.65. The van der Waals surface area contributed by atoms with Crippen LogP contribution < -0.4 is 5.32 Å². The summed E-state index contributed by atoms with van der Waals surface area (Å²) in [6.07, 6.45) is 4.32. The van der Waals surface area contributed by atoms with E-state index in [2.05, 4.69) is 15.5 Å². The van der Waals surface area contributed by atoms with Crippen molar-refractivity contribution in [2.24, 2.45) is 5.92 Å². The number of hydrogen-bond donors (Lipinski definition) is 2. The fraction of sp³-hybridized carbons (Fsp3) is 0.500. The minimum Gasteiger partial charge on any atom is -0.396 e. The lowest BCUT2D eigenvalue weighted by Crippen LogP contribution is -2.37. The second kappa shape index (κ2) is 5.20. The molecule has 1 aliphatic rings. The Hall–Kier alpha value is -1.95. The van der Waals surface area contributed by atoms with Gasteiger partial charge in [0.05, 0.1) is 16.6 Å². The predicted molar refractivity (Wildman–Crippen MR) is 72.2 cm³/mol. The highest BCUT2D eigenvalue weighted by atomic mass is 16.5. The average molecular weight is 275 g/mol. The highest BCUT2D eigenvalue weighted by Crippen LogP contribution is 2.34. The molecule has 2 N–H and O–H groups in total. The van der Waals surface area contributed by atoms with Crippen LogP contribution in [0, 0.1) is 12.8 Å². The van der Waals surface area contributed by atoms with E-state index in [9.17, 15) is 4.79 Å². The summed E-state index contributed by atoms with van der Waals surface area (Å²) in [5, 5.41) is 16.6. The molecule has 106 valence electrons. The molecule has 0 aliphatic heterocycles. The van der Waals surface area contributed by atoms with Crippen LogP contribution in [0.1, 0.15) is 35.3 Å². The van der Waals surface area contributed by atoms with Gasteiger partial charge in [-0.2, -0.15) is 0 Å². The Labute approximate surface area is 116 Å². The number of aromatic nitrogens is 2. The Balaban J connectivity index is 1.78. The fourth-order valence-corrected chi connectivity index (χ4v) is 2.38. The van der Waals surface area contributed by atoms with E-state index in [4.69, 9.17) is 9.63 Å². The molecule has 1 atom stereocenters. The van der Waals surface area contributed by atoms with Gasteiger partial charge in [-0.15, -0.1) is 0 Å². The second-order valence-electron chi connectivity index (χ2n) is 5.27. The smallest absolute Gasteiger partial charge is 0.257 e. The number of rotatable bonds is 5. The number of fused-ring (bicyclic) bond motifs is 1. The number of amides is 1. The molecular formula is C14H17N3O3. The number of aryl methyl sites for hydroxylation is 1. The van der Waals surface area contributed by atoms with Gasteiger partial charge in [-0.25, -0.2) is 4.98 Å². The quantitative estimate of drug-likeness (QED) is 0.861. The molecule has 0 saturated heterocycles. The Bertz CT molecular complexity index is 634. The molecule has 1 aliphatic carbocycles. The monoisotopic (exact) mass is 275 g/mol. The molecular weight excluding hydrogens is 258 g/mol. The maximum atomic E-state index is 12.3. The Kier molecular flexibility index (Phi) is 3.40. The summed E-state index contributed by atoms with van der Waals surface area (Å²) >= 11 is 0. The first-order chi connectivity index (χ1) is 9.69. The SMILES string of the molecule is Cc1noc2ncc(C(=O)NC(CCO)C3CC3)cc12. The van der Waals surface area contributed by atoms with Gasteiger partial charge >= 0.3 is 0 Å². The van der Waals surface area contributed by atoms with Crippen LogP contribution in [-0.2, 0) is 0 Å². The first kappa shape index (κ1) is 13.1. The van der Waals surface area contributed by atoms with Crippen molar-refractivity contribution in [2.45, 2.75) is 32.2 Å². The lowest BCUT2D eigenvalue weighted by Gasteiger charge is -2.16. The summed E-state index contributed by atoms with van der Waals surface area (Å²) in [6.45, 7) is 1.90. The molecule has 1 saturated carbocycles. The van der Waals surface area contributed by atoms with E-state index in [0.29, 0.717) is 23.6 Å². The van der Waals surface area contributed by atoms with Crippen LogP contribution in [0.3, 0.4) is 0 Å². The molecule has 1 fully saturated rings. The van der Waals surface area contributed by atoms with Crippen molar-refractivity contribution in [2.75, 3.05) is 6.61 Å². The van der Waals surface area contributed by atoms with Crippen LogP contribution in [0.15, 0.2) is 16.8 Å². The van der Waals surface area contributed by atoms with Gasteiger partial charge in [-0.05, 0) is 38.2 Å². The van der Waals surface area contributed by atoms with E-state index in [-0.39, 0.29) is 18.6 Å². The summed E-state index contributed by atoms with van der Waals surface area (Å²) in [7, 11) is 0. The molecule has 0 bridgehead atoms. The highest BCUT2D eigenvalue weighted by molar-refractivity contribution is 5.97. The van der Waals surface area contributed by atoms with Crippen molar-refractivity contribution in [1.29, 1.82) is 0 Å². The summed E-state index contributed by atoms with van der Waals surface area (Å²) in [4.78, 5) is 16.4. The summed E-state index contributed by atoms with van der Waals surface area (Å²) in [6, 6.07) is 1.79. The van der Waals surface area contributed by atoms with Gasteiger partial charge in [0.2, 0.25) is 0 Å². The Morgan fingerprint density at radius 3 is 3.10 bits per heavy atom. The van der Waals surface area contributed by atoms with Gasteiger partial charge in [0, 0.05) is 18.8 Å². The molecule has 1 unspecified atom stereocenters. The molecule has 1 amide bonds. The van der Waals surface area contributed by atoms with Crippen molar-refractivity contribution in [3.63, 3.8) is 0 Å². The molecule has 20 heavy (non-hydrogen) atoms. The van der Waals surface area contributed by atoms with Gasteiger partial charge in [-0.3, -0.25) is 4.79 Å². The predicted octanol–water partition coefficient (Wildman–Crippen LogP) is 1.42. The zero-order valence-corrected chi connectivity index (χ0v) is 11.3. The van der Waals surface area contributed by atoms with Crippen LogP contribution in [0.25, 0.3) is 11.1 Å². The second-order valence-corrected chi connectivity index (χ2v) is 5.27. The van der Waals surface area contributed by atoms with Gasteiger partial charge in [-0.1, -0.05) is 5.16 Å². The largest absolute Gasteiger partial charge is 0.396 e. The maximum Gasteiger partial charge on any atom is 0.257 e. The maximum absolute atomic E-state index is 12.3. The van der Waals surface area contributed by atoms with Gasteiger partial charge in [0.25, 0.3) is 11.6 Å². The van der Waals surface area contributed by atoms with Crippen LogP contribution >= 0.6 is 0 Å². The molecule has 2 heterocycles. The Morgan fingerprint density at radius 2 is 2.40 bits per heavy atom. The normalized spacial score (nSPS) is 16.3. The van der Waals surface area contributed by atoms with Crippen molar-refractivity contribution < 1.29 is 14.4 Å². The highest BCUT2D eigenvalue weighted by Gasteiger charge is 2.32. The third-order valence-electron chi connectivity index (χ3n) is 3.72. The van der Waals surface area contributed by atoms with E-state index in [1.807, 2.05) is 6.92 Å². The van der Waals surface area contributed by atoms with Crippen molar-refractivity contribution in [3.8, 4) is 0 Å². The number of hydrogen-bond acceptors (Lipinski definition) is 5. The van der Waals surface area contributed by atoms with Crippen LogP contribution in [0.5, 0.6) is 0 Å². The van der Waals surface area contributed by atoms with Crippen molar-refractivity contribution in [3.05, 3.63) is 23.5 Å². The fourth-order valence-electron chi connectivity index (χ4n) is 2.38. The molecule has 3 rings (SSSR count). The first-order valence-corrected chi connectivity index (χ1v) is 6.83. The minimum atomic E-state index is -0.162.